The van der Waals surface area contributed by atoms with Crippen LogP contribution in [0.4, 0.5) is 5.69 Å². The summed E-state index contributed by atoms with van der Waals surface area (Å²) >= 11 is 1.66. The maximum Gasteiger partial charge on any atom is 0.280 e. The third-order valence-electron chi connectivity index (χ3n) is 6.91. The predicted molar refractivity (Wildman–Crippen MR) is 176 cm³/mol. The number of hydrogen-bond acceptors (Lipinski definition) is 5. The fourth-order valence-electron chi connectivity index (χ4n) is 4.69. The highest BCUT2D eigenvalue weighted by Gasteiger charge is 2.31. The lowest BCUT2D eigenvalue weighted by Crippen LogP contribution is -2.21. The van der Waals surface area contributed by atoms with Gasteiger partial charge in [0.15, 0.2) is 0 Å². The zero-order valence-corrected chi connectivity index (χ0v) is 24.6. The van der Waals surface area contributed by atoms with Gasteiger partial charge >= 0.3 is 0 Å². The molecule has 0 atom stereocenters. The Morgan fingerprint density at radius 3 is 2.21 bits per heavy atom. The lowest BCUT2D eigenvalue weighted by molar-refractivity contribution is -0.114. The second-order valence-corrected chi connectivity index (χ2v) is 11.0. The Morgan fingerprint density at radius 2 is 1.53 bits per heavy atom. The second kappa shape index (κ2) is 12.8. The number of para-hydroxylation sites is 2. The molecule has 2 heterocycles. The van der Waals surface area contributed by atoms with Crippen molar-refractivity contribution in [2.75, 3.05) is 17.4 Å². The molecule has 6 rings (SSSR count). The SMILES string of the molecule is C=CCOc1ccc(-c2nn(-c3ccccc3)cc2/C=C2/C(=O)N(c3ccccc3)N=C2CSc2ccc(C)cc2)cc1. The standard InChI is InChI=1S/C36H30N4O2S/c1-3-22-42-31-18-16-27(17-19-31)35-28(24-39(38-35)29-10-6-4-7-11-29)23-33-34(25-43-32-20-14-26(2)15-21-32)37-40(36(33)41)30-12-8-5-9-13-30/h3-21,23-24H,1,22,25H2,2H3/b33-23+. The minimum atomic E-state index is -0.169. The topological polar surface area (TPSA) is 59.7 Å². The van der Waals surface area contributed by atoms with Crippen molar-refractivity contribution in [3.05, 3.63) is 145 Å². The van der Waals surface area contributed by atoms with Crippen LogP contribution in [0.25, 0.3) is 23.0 Å². The van der Waals surface area contributed by atoms with Crippen LogP contribution in [0.2, 0.25) is 0 Å². The number of hydrazone groups is 1. The van der Waals surface area contributed by atoms with Crippen molar-refractivity contribution in [3.8, 4) is 22.7 Å². The lowest BCUT2D eigenvalue weighted by atomic mass is 10.0. The van der Waals surface area contributed by atoms with Crippen molar-refractivity contribution in [1.82, 2.24) is 9.78 Å². The molecule has 1 aliphatic heterocycles. The number of anilines is 1. The Morgan fingerprint density at radius 1 is 0.860 bits per heavy atom. The van der Waals surface area contributed by atoms with E-state index in [2.05, 4.69) is 37.8 Å². The molecule has 1 amide bonds. The Labute approximate surface area is 255 Å². The van der Waals surface area contributed by atoms with Crippen molar-refractivity contribution < 1.29 is 9.53 Å². The van der Waals surface area contributed by atoms with E-state index in [-0.39, 0.29) is 5.91 Å². The zero-order chi connectivity index (χ0) is 29.6. The number of thioether (sulfide) groups is 1. The average molecular weight is 583 g/mol. The van der Waals surface area contributed by atoms with E-state index in [0.717, 1.165) is 38.8 Å². The normalized spacial score (nSPS) is 13.8. The first-order valence-corrected chi connectivity index (χ1v) is 15.0. The highest BCUT2D eigenvalue weighted by molar-refractivity contribution is 8.00. The summed E-state index contributed by atoms with van der Waals surface area (Å²) in [5.74, 6) is 1.12. The van der Waals surface area contributed by atoms with Gasteiger partial charge in [0.25, 0.3) is 5.91 Å². The smallest absolute Gasteiger partial charge is 0.280 e. The lowest BCUT2D eigenvalue weighted by Gasteiger charge is -2.11. The van der Waals surface area contributed by atoms with E-state index in [4.69, 9.17) is 14.9 Å². The van der Waals surface area contributed by atoms with E-state index >= 15 is 0 Å². The summed E-state index contributed by atoms with van der Waals surface area (Å²) in [6, 6.07) is 35.6. The predicted octanol–water partition coefficient (Wildman–Crippen LogP) is 7.99. The fraction of sp³-hybridized carbons (Fsp3) is 0.0833. The minimum absolute atomic E-state index is 0.169. The number of amides is 1. The maximum absolute atomic E-state index is 13.9. The molecule has 6 nitrogen and oxygen atoms in total. The largest absolute Gasteiger partial charge is 0.490 e. The summed E-state index contributed by atoms with van der Waals surface area (Å²) in [5, 5.41) is 11.3. The molecule has 0 aliphatic carbocycles. The van der Waals surface area contributed by atoms with Gasteiger partial charge < -0.3 is 4.74 Å². The van der Waals surface area contributed by atoms with Crippen LogP contribution in [0.15, 0.2) is 144 Å². The van der Waals surface area contributed by atoms with Gasteiger partial charge in [0.1, 0.15) is 12.4 Å². The van der Waals surface area contributed by atoms with Crippen LogP contribution in [0, 0.1) is 6.92 Å². The third-order valence-corrected chi connectivity index (χ3v) is 7.93. The molecule has 0 saturated heterocycles. The van der Waals surface area contributed by atoms with Crippen molar-refractivity contribution in [2.45, 2.75) is 11.8 Å². The number of hydrogen-bond donors (Lipinski definition) is 0. The first-order chi connectivity index (χ1) is 21.1. The molecular formula is C36H30N4O2S. The van der Waals surface area contributed by atoms with Crippen LogP contribution in [0.1, 0.15) is 11.1 Å². The number of benzene rings is 4. The third kappa shape index (κ3) is 6.37. The van der Waals surface area contributed by atoms with Gasteiger partial charge in [0.05, 0.1) is 28.4 Å². The number of carbonyl (C=O) groups excluding carboxylic acids is 1. The second-order valence-electron chi connectivity index (χ2n) is 10.00. The van der Waals surface area contributed by atoms with Crippen molar-refractivity contribution >= 4 is 35.1 Å². The Balaban J connectivity index is 1.41. The van der Waals surface area contributed by atoms with E-state index in [1.165, 1.54) is 10.6 Å². The van der Waals surface area contributed by atoms with Gasteiger partial charge in [-0.05, 0) is 73.7 Å². The number of rotatable bonds is 10. The monoisotopic (exact) mass is 582 g/mol. The van der Waals surface area contributed by atoms with Gasteiger partial charge in [-0.1, -0.05) is 66.7 Å². The summed E-state index contributed by atoms with van der Waals surface area (Å²) in [6.45, 7) is 6.22. The van der Waals surface area contributed by atoms with Crippen molar-refractivity contribution in [1.29, 1.82) is 0 Å². The summed E-state index contributed by atoms with van der Waals surface area (Å²) in [5.41, 5.74) is 6.59. The molecule has 0 spiro atoms. The van der Waals surface area contributed by atoms with Crippen LogP contribution in [0.5, 0.6) is 5.75 Å². The molecule has 4 aromatic carbocycles. The van der Waals surface area contributed by atoms with Crippen LogP contribution in [0.3, 0.4) is 0 Å². The van der Waals surface area contributed by atoms with Crippen LogP contribution in [-0.2, 0) is 4.79 Å². The van der Waals surface area contributed by atoms with Gasteiger partial charge in [-0.15, -0.1) is 11.8 Å². The molecule has 0 unspecified atom stereocenters. The first-order valence-electron chi connectivity index (χ1n) is 14.0. The summed E-state index contributed by atoms with van der Waals surface area (Å²) in [7, 11) is 0. The average Bonchev–Trinajstić information content (AvgIpc) is 3.62. The molecule has 7 heteroatoms. The molecule has 0 radical (unpaired) electrons. The van der Waals surface area contributed by atoms with Crippen LogP contribution >= 0.6 is 11.8 Å². The first kappa shape index (κ1) is 28.0. The molecule has 0 N–H and O–H groups in total. The minimum Gasteiger partial charge on any atom is -0.490 e. The molecule has 1 aliphatic rings. The highest BCUT2D eigenvalue weighted by Crippen LogP contribution is 2.32. The van der Waals surface area contributed by atoms with Crippen LogP contribution in [-0.4, -0.2) is 33.8 Å². The zero-order valence-electron chi connectivity index (χ0n) is 23.8. The fourth-order valence-corrected chi connectivity index (χ4v) is 5.53. The Hall–Kier alpha value is -5.14. The summed E-state index contributed by atoms with van der Waals surface area (Å²) in [6.07, 6.45) is 5.60. The van der Waals surface area contributed by atoms with Crippen molar-refractivity contribution in [3.63, 3.8) is 0 Å². The van der Waals surface area contributed by atoms with Crippen LogP contribution < -0.4 is 9.75 Å². The van der Waals surface area contributed by atoms with E-state index < -0.39 is 0 Å². The number of aromatic nitrogens is 2. The number of ether oxygens (including phenoxy) is 1. The molecule has 0 bridgehead atoms. The van der Waals surface area contributed by atoms with Gasteiger partial charge in [0, 0.05) is 28.0 Å². The number of aryl methyl sites for hydroxylation is 1. The Bertz CT molecular complexity index is 1790. The molecule has 0 fully saturated rings. The van der Waals surface area contributed by atoms with E-state index in [0.29, 0.717) is 23.6 Å². The number of carbonyl (C=O) groups is 1. The number of nitrogens with zero attached hydrogens (tertiary/aromatic N) is 4. The molecule has 1 aromatic heterocycles. The quantitative estimate of drug-likeness (QED) is 0.0951. The van der Waals surface area contributed by atoms with Gasteiger partial charge in [-0.25, -0.2) is 4.68 Å². The summed E-state index contributed by atoms with van der Waals surface area (Å²) in [4.78, 5) is 15.0. The molecule has 212 valence electrons. The van der Waals surface area contributed by atoms with Gasteiger partial charge in [-0.2, -0.15) is 15.2 Å². The maximum atomic E-state index is 13.9. The summed E-state index contributed by atoms with van der Waals surface area (Å²) < 4.78 is 7.53. The van der Waals surface area contributed by atoms with Crippen molar-refractivity contribution in [2.24, 2.45) is 5.10 Å². The molecular weight excluding hydrogens is 552 g/mol. The highest BCUT2D eigenvalue weighted by atomic mass is 32.2. The van der Waals surface area contributed by atoms with Gasteiger partial charge in [0.2, 0.25) is 0 Å². The van der Waals surface area contributed by atoms with E-state index in [1.807, 2.05) is 102 Å². The molecule has 5 aromatic rings. The van der Waals surface area contributed by atoms with E-state index in [9.17, 15) is 4.79 Å². The molecule has 0 saturated carbocycles. The Kier molecular flexibility index (Phi) is 8.33. The molecule has 43 heavy (non-hydrogen) atoms. The van der Waals surface area contributed by atoms with Gasteiger partial charge in [-0.3, -0.25) is 4.79 Å². The van der Waals surface area contributed by atoms with E-state index in [1.54, 1.807) is 17.8 Å².